The average molecular weight is 490 g/mol. The molecule has 0 unspecified atom stereocenters. The van der Waals surface area contributed by atoms with Crippen LogP contribution in [0.25, 0.3) is 0 Å². The van der Waals surface area contributed by atoms with Crippen LogP contribution in [0.1, 0.15) is 55.9 Å². The Balaban J connectivity index is 1.64. The molecule has 2 aliphatic heterocycles. The average Bonchev–Trinajstić information content (AvgIpc) is 3.15. The standard InChI is InChI=1S/C30H23N3O4/c1-2-15-33-21-14-8-6-12-19(21)30(29(33)36)22-24(31)18-11-5-7-13-20(18)32-28(22)37-27-23(30)25(34)16-9-3-4-10-17(16)26(27)35/h2-4,6,8-10,12,14H,1,5,7,11,13,15H2,(H2,31,32)/t30-/m0/s1. The molecule has 1 amide bonds. The van der Waals surface area contributed by atoms with Crippen molar-refractivity contribution < 1.29 is 19.1 Å². The first-order valence-electron chi connectivity index (χ1n) is 12.4. The van der Waals surface area contributed by atoms with Gasteiger partial charge in [-0.15, -0.1) is 6.58 Å². The van der Waals surface area contributed by atoms with E-state index in [-0.39, 0.29) is 40.8 Å². The van der Waals surface area contributed by atoms with Gasteiger partial charge in [-0.05, 0) is 37.3 Å². The lowest BCUT2D eigenvalue weighted by molar-refractivity contribution is -0.120. The fraction of sp³-hybridized carbons (Fsp3) is 0.200. The van der Waals surface area contributed by atoms with Crippen LogP contribution in [-0.4, -0.2) is 29.0 Å². The monoisotopic (exact) mass is 489 g/mol. The van der Waals surface area contributed by atoms with Crippen molar-refractivity contribution in [2.45, 2.75) is 31.1 Å². The van der Waals surface area contributed by atoms with Gasteiger partial charge in [-0.3, -0.25) is 14.4 Å². The number of pyridine rings is 1. The number of aromatic nitrogens is 1. The molecular weight excluding hydrogens is 466 g/mol. The number of Topliss-reactive ketones (excluding diaryl/α,β-unsaturated/α-hetero) is 2. The summed E-state index contributed by atoms with van der Waals surface area (Å²) in [6.45, 7) is 4.06. The molecular formula is C30H23N3O4. The van der Waals surface area contributed by atoms with Gasteiger partial charge in [0.1, 0.15) is 5.41 Å². The number of carbonyl (C=O) groups excluding carboxylic acids is 3. The summed E-state index contributed by atoms with van der Waals surface area (Å²) in [6, 6.07) is 14.0. The number of nitrogen functional groups attached to an aromatic ring is 1. The van der Waals surface area contributed by atoms with E-state index in [1.54, 1.807) is 35.2 Å². The van der Waals surface area contributed by atoms with Gasteiger partial charge in [0.05, 0.1) is 11.1 Å². The van der Waals surface area contributed by atoms with Crippen LogP contribution >= 0.6 is 0 Å². The summed E-state index contributed by atoms with van der Waals surface area (Å²) in [7, 11) is 0. The SMILES string of the molecule is C=CCN1C(=O)[C@@]2(C3=C(Oc4nc5c(c(N)c42)CCCC5)C(=O)c2ccccc2C3=O)c2ccccc21. The van der Waals surface area contributed by atoms with Crippen LogP contribution in [0.3, 0.4) is 0 Å². The molecule has 0 radical (unpaired) electrons. The highest BCUT2D eigenvalue weighted by Crippen LogP contribution is 2.59. The zero-order valence-corrected chi connectivity index (χ0v) is 20.0. The molecule has 2 aromatic carbocycles. The van der Waals surface area contributed by atoms with Crippen molar-refractivity contribution in [3.63, 3.8) is 0 Å². The number of benzene rings is 2. The van der Waals surface area contributed by atoms with Crippen molar-refractivity contribution in [3.05, 3.63) is 106 Å². The highest BCUT2D eigenvalue weighted by molar-refractivity contribution is 6.32. The second-order valence-corrected chi connectivity index (χ2v) is 9.82. The smallest absolute Gasteiger partial charge is 0.247 e. The number of hydrogen-bond donors (Lipinski definition) is 1. The maximum absolute atomic E-state index is 14.7. The number of ketones is 2. The number of anilines is 2. The molecule has 7 nitrogen and oxygen atoms in total. The molecule has 1 spiro atoms. The summed E-state index contributed by atoms with van der Waals surface area (Å²) >= 11 is 0. The van der Waals surface area contributed by atoms with Gasteiger partial charge >= 0.3 is 0 Å². The van der Waals surface area contributed by atoms with E-state index < -0.39 is 17.0 Å². The lowest BCUT2D eigenvalue weighted by Crippen LogP contribution is -2.50. The molecule has 0 bridgehead atoms. The Labute approximate surface area is 213 Å². The van der Waals surface area contributed by atoms with Gasteiger partial charge in [0.15, 0.2) is 11.5 Å². The molecule has 1 atom stereocenters. The molecule has 37 heavy (non-hydrogen) atoms. The van der Waals surface area contributed by atoms with Crippen molar-refractivity contribution in [2.75, 3.05) is 17.2 Å². The summed E-state index contributed by atoms with van der Waals surface area (Å²) in [5.74, 6) is -1.25. The van der Waals surface area contributed by atoms with E-state index in [0.29, 0.717) is 22.5 Å². The predicted molar refractivity (Wildman–Crippen MR) is 138 cm³/mol. The Morgan fingerprint density at radius 2 is 1.70 bits per heavy atom. The first-order valence-corrected chi connectivity index (χ1v) is 12.4. The molecule has 7 rings (SSSR count). The predicted octanol–water partition coefficient (Wildman–Crippen LogP) is 4.09. The number of amides is 1. The number of nitrogens with zero attached hydrogens (tertiary/aromatic N) is 2. The highest BCUT2D eigenvalue weighted by Gasteiger charge is 2.63. The molecule has 0 saturated heterocycles. The van der Waals surface area contributed by atoms with Crippen LogP contribution in [0.5, 0.6) is 5.88 Å². The number of rotatable bonds is 2. The van der Waals surface area contributed by atoms with Crippen molar-refractivity contribution in [2.24, 2.45) is 0 Å². The topological polar surface area (TPSA) is 103 Å². The molecule has 0 fully saturated rings. The Bertz CT molecular complexity index is 1640. The van der Waals surface area contributed by atoms with Crippen molar-refractivity contribution in [3.8, 4) is 5.88 Å². The van der Waals surface area contributed by atoms with Gasteiger partial charge in [-0.1, -0.05) is 48.5 Å². The lowest BCUT2D eigenvalue weighted by atomic mass is 9.63. The van der Waals surface area contributed by atoms with E-state index in [1.807, 2.05) is 24.3 Å². The minimum absolute atomic E-state index is 0.0111. The third kappa shape index (κ3) is 2.55. The Hall–Kier alpha value is -4.52. The van der Waals surface area contributed by atoms with Crippen LogP contribution in [0.4, 0.5) is 11.4 Å². The second-order valence-electron chi connectivity index (χ2n) is 9.82. The molecule has 2 aliphatic carbocycles. The maximum Gasteiger partial charge on any atom is 0.247 e. The molecule has 182 valence electrons. The lowest BCUT2D eigenvalue weighted by Gasteiger charge is -2.40. The third-order valence-corrected chi connectivity index (χ3v) is 7.99. The number of carbonyl (C=O) groups is 3. The Kier molecular flexibility index (Phi) is 4.40. The minimum Gasteiger partial charge on any atom is -0.434 e. The number of hydrogen-bond acceptors (Lipinski definition) is 6. The Morgan fingerprint density at radius 1 is 1.00 bits per heavy atom. The molecule has 0 saturated carbocycles. The van der Waals surface area contributed by atoms with Gasteiger partial charge in [0.2, 0.25) is 17.6 Å². The van der Waals surface area contributed by atoms with E-state index in [0.717, 1.165) is 36.9 Å². The van der Waals surface area contributed by atoms with Crippen LogP contribution in [-0.2, 0) is 23.1 Å². The van der Waals surface area contributed by atoms with Gasteiger partial charge < -0.3 is 15.4 Å². The van der Waals surface area contributed by atoms with Crippen LogP contribution in [0.15, 0.2) is 72.5 Å². The van der Waals surface area contributed by atoms with Gasteiger partial charge in [0, 0.05) is 40.3 Å². The maximum atomic E-state index is 14.7. The summed E-state index contributed by atoms with van der Waals surface area (Å²) in [5, 5.41) is 0. The zero-order chi connectivity index (χ0) is 25.5. The van der Waals surface area contributed by atoms with E-state index in [1.165, 1.54) is 0 Å². The third-order valence-electron chi connectivity index (χ3n) is 7.99. The molecule has 3 heterocycles. The normalized spacial score (nSPS) is 21.2. The number of para-hydroxylation sites is 1. The van der Waals surface area contributed by atoms with Crippen LogP contribution in [0, 0.1) is 0 Å². The first-order chi connectivity index (χ1) is 18.0. The van der Waals surface area contributed by atoms with Crippen molar-refractivity contribution >= 4 is 28.8 Å². The fourth-order valence-electron chi connectivity index (χ4n) is 6.44. The van der Waals surface area contributed by atoms with E-state index in [9.17, 15) is 14.4 Å². The molecule has 3 aromatic rings. The van der Waals surface area contributed by atoms with Gasteiger partial charge in [0.25, 0.3) is 0 Å². The summed E-state index contributed by atoms with van der Waals surface area (Å²) in [6.07, 6.45) is 5.03. The van der Waals surface area contributed by atoms with Crippen LogP contribution in [0.2, 0.25) is 0 Å². The summed E-state index contributed by atoms with van der Waals surface area (Å²) < 4.78 is 6.19. The largest absolute Gasteiger partial charge is 0.434 e. The van der Waals surface area contributed by atoms with Crippen LogP contribution < -0.4 is 15.4 Å². The molecule has 2 N–H and O–H groups in total. The molecule has 7 heteroatoms. The van der Waals surface area contributed by atoms with E-state index in [2.05, 4.69) is 6.58 Å². The molecule has 4 aliphatic rings. The summed E-state index contributed by atoms with van der Waals surface area (Å²) in [4.78, 5) is 49.2. The first kappa shape index (κ1) is 21.7. The van der Waals surface area contributed by atoms with Crippen molar-refractivity contribution in [1.82, 2.24) is 4.98 Å². The van der Waals surface area contributed by atoms with Gasteiger partial charge in [-0.25, -0.2) is 4.98 Å². The van der Waals surface area contributed by atoms with Crippen molar-refractivity contribution in [1.29, 1.82) is 0 Å². The number of allylic oxidation sites excluding steroid dienone is 1. The number of nitrogens with two attached hydrogens (primary N) is 1. The van der Waals surface area contributed by atoms with E-state index in [4.69, 9.17) is 15.5 Å². The minimum atomic E-state index is -1.66. The van der Waals surface area contributed by atoms with Gasteiger partial charge in [-0.2, -0.15) is 0 Å². The summed E-state index contributed by atoms with van der Waals surface area (Å²) in [5.41, 5.74) is 9.43. The second kappa shape index (κ2) is 7.49. The number of aryl methyl sites for hydroxylation is 1. The number of ether oxygens (including phenoxy) is 1. The molecule has 1 aromatic heterocycles. The quantitative estimate of drug-likeness (QED) is 0.544. The van der Waals surface area contributed by atoms with E-state index >= 15 is 0 Å². The fourth-order valence-corrected chi connectivity index (χ4v) is 6.44. The highest BCUT2D eigenvalue weighted by atomic mass is 16.5. The Morgan fingerprint density at radius 3 is 2.49 bits per heavy atom. The zero-order valence-electron chi connectivity index (χ0n) is 20.0. The number of fused-ring (bicyclic) bond motifs is 7.